The second kappa shape index (κ2) is 13.9. The molecule has 16 nitrogen and oxygen atoms in total. The smallest absolute Gasteiger partial charge is 0.342 e. The summed E-state index contributed by atoms with van der Waals surface area (Å²) < 4.78 is 36.6. The molecule has 1 aromatic heterocycles. The van der Waals surface area contributed by atoms with Crippen LogP contribution in [0.5, 0.6) is 0 Å². The number of nitrogens with zero attached hydrogens (tertiary/aromatic N) is 4. The highest BCUT2D eigenvalue weighted by molar-refractivity contribution is 7.54. The third-order valence-corrected chi connectivity index (χ3v) is 7.89. The third-order valence-electron chi connectivity index (χ3n) is 6.14. The summed E-state index contributed by atoms with van der Waals surface area (Å²) in [5.74, 6) is -2.17. The molecule has 3 N–H and O–H groups in total. The normalized spacial score (nSPS) is 20.9. The Morgan fingerprint density at radius 2 is 1.72 bits per heavy atom. The fraction of sp³-hybridized carbons (Fsp3) is 0.727. The molecule has 218 valence electrons. The van der Waals surface area contributed by atoms with Gasteiger partial charge >= 0.3 is 25.3 Å². The number of hydrogen-bond acceptors (Lipinski definition) is 10. The van der Waals surface area contributed by atoms with Crippen LogP contribution < -0.4 is 21.4 Å². The van der Waals surface area contributed by atoms with E-state index in [1.54, 1.807) is 27.7 Å². The van der Waals surface area contributed by atoms with Crippen molar-refractivity contribution in [2.24, 2.45) is 17.0 Å². The molecular formula is C22H36N7O9P. The summed E-state index contributed by atoms with van der Waals surface area (Å²) in [6, 6.07) is -2.99. The molecule has 1 fully saturated rings. The number of aromatic amines is 1. The van der Waals surface area contributed by atoms with Gasteiger partial charge in [0.15, 0.2) is 0 Å². The van der Waals surface area contributed by atoms with Gasteiger partial charge in [-0.15, -0.1) is 0 Å². The van der Waals surface area contributed by atoms with E-state index in [1.807, 2.05) is 0 Å². The molecule has 1 saturated heterocycles. The van der Waals surface area contributed by atoms with Gasteiger partial charge in [0.25, 0.3) is 5.56 Å². The number of hydrogen-bond donors (Lipinski definition) is 3. The van der Waals surface area contributed by atoms with Crippen LogP contribution in [0.2, 0.25) is 0 Å². The maximum Gasteiger partial charge on any atom is 0.342 e. The number of esters is 2. The predicted molar refractivity (Wildman–Crippen MR) is 139 cm³/mol. The first kappa shape index (κ1) is 32.2. The number of carbonyl (C=O) groups is 2. The van der Waals surface area contributed by atoms with E-state index < -0.39 is 67.9 Å². The van der Waals surface area contributed by atoms with Crippen LogP contribution in [0.25, 0.3) is 10.4 Å². The second-order valence-electron chi connectivity index (χ2n) is 9.71. The van der Waals surface area contributed by atoms with Crippen LogP contribution in [0.1, 0.15) is 45.9 Å². The van der Waals surface area contributed by atoms with Gasteiger partial charge in [0.2, 0.25) is 0 Å². The van der Waals surface area contributed by atoms with Crippen molar-refractivity contribution in [2.45, 2.75) is 71.5 Å². The lowest BCUT2D eigenvalue weighted by molar-refractivity contribution is -0.144. The lowest BCUT2D eigenvalue weighted by atomic mass is 10.1. The van der Waals surface area contributed by atoms with Crippen molar-refractivity contribution < 1.29 is 32.9 Å². The first-order valence-electron chi connectivity index (χ1n) is 12.2. The van der Waals surface area contributed by atoms with Gasteiger partial charge in [0.1, 0.15) is 18.3 Å². The molecular weight excluding hydrogens is 537 g/mol. The minimum Gasteiger partial charge on any atom is -0.468 e. The van der Waals surface area contributed by atoms with Crippen LogP contribution in [0.3, 0.4) is 0 Å². The highest BCUT2D eigenvalue weighted by Crippen LogP contribution is 2.42. The molecule has 0 amide bonds. The molecule has 0 saturated carbocycles. The lowest BCUT2D eigenvalue weighted by Crippen LogP contribution is -2.48. The first-order valence-corrected chi connectivity index (χ1v) is 13.9. The van der Waals surface area contributed by atoms with Gasteiger partial charge < -0.3 is 18.7 Å². The van der Waals surface area contributed by atoms with Crippen LogP contribution in [-0.2, 0) is 32.9 Å². The molecule has 0 unspecified atom stereocenters. The van der Waals surface area contributed by atoms with E-state index in [2.05, 4.69) is 25.2 Å². The van der Waals surface area contributed by atoms with E-state index >= 15 is 0 Å². The fourth-order valence-corrected chi connectivity index (χ4v) is 6.00. The largest absolute Gasteiger partial charge is 0.468 e. The molecule has 2 heterocycles. The van der Waals surface area contributed by atoms with Gasteiger partial charge in [-0.1, -0.05) is 32.8 Å². The molecule has 5 atom stereocenters. The molecule has 1 aliphatic rings. The van der Waals surface area contributed by atoms with Crippen LogP contribution in [0.4, 0.5) is 0 Å². The molecule has 0 radical (unpaired) electrons. The number of azide groups is 1. The Balaban J connectivity index is 2.38. The summed E-state index contributed by atoms with van der Waals surface area (Å²) in [5, 5.41) is 9.06. The third kappa shape index (κ3) is 8.24. The van der Waals surface area contributed by atoms with Gasteiger partial charge in [-0.25, -0.2) is 15.0 Å². The summed E-state index contributed by atoms with van der Waals surface area (Å²) in [5.41, 5.74) is 8.06. The van der Waals surface area contributed by atoms with Crippen LogP contribution in [0.15, 0.2) is 20.9 Å². The monoisotopic (exact) mass is 573 g/mol. The second-order valence-corrected chi connectivity index (χ2v) is 11.6. The van der Waals surface area contributed by atoms with Crippen LogP contribution >= 0.6 is 7.67 Å². The molecule has 1 aliphatic heterocycles. The Labute approximate surface area is 224 Å². The summed E-state index contributed by atoms with van der Waals surface area (Å²) >= 11 is 0. The highest BCUT2D eigenvalue weighted by atomic mass is 31.2. The van der Waals surface area contributed by atoms with Crippen molar-refractivity contribution in [3.05, 3.63) is 43.0 Å². The zero-order chi connectivity index (χ0) is 29.5. The molecule has 0 spiro atoms. The van der Waals surface area contributed by atoms with E-state index in [9.17, 15) is 23.7 Å². The van der Waals surface area contributed by atoms with E-state index in [0.717, 1.165) is 4.57 Å². The minimum absolute atomic E-state index is 0.0577. The quantitative estimate of drug-likeness (QED) is 0.101. The zero-order valence-corrected chi connectivity index (χ0v) is 23.8. The summed E-state index contributed by atoms with van der Waals surface area (Å²) in [6.07, 6.45) is -0.520. The van der Waals surface area contributed by atoms with Gasteiger partial charge in [-0.2, -0.15) is 0 Å². The maximum atomic E-state index is 14.1. The number of aromatic nitrogens is 2. The van der Waals surface area contributed by atoms with E-state index in [-0.39, 0.29) is 23.8 Å². The molecule has 2 rings (SSSR count). The van der Waals surface area contributed by atoms with Crippen molar-refractivity contribution in [1.29, 1.82) is 0 Å². The Hall–Kier alpha value is -3.00. The maximum absolute atomic E-state index is 14.1. The Morgan fingerprint density at radius 3 is 2.18 bits per heavy atom. The van der Waals surface area contributed by atoms with Crippen LogP contribution in [-0.4, -0.2) is 66.5 Å². The molecule has 39 heavy (non-hydrogen) atoms. The van der Waals surface area contributed by atoms with Crippen molar-refractivity contribution in [2.75, 3.05) is 20.8 Å². The average molecular weight is 574 g/mol. The van der Waals surface area contributed by atoms with Crippen LogP contribution in [0, 0.1) is 18.8 Å². The van der Waals surface area contributed by atoms with Crippen molar-refractivity contribution in [3.8, 4) is 0 Å². The molecule has 0 aromatic carbocycles. The van der Waals surface area contributed by atoms with Crippen molar-refractivity contribution >= 4 is 19.6 Å². The minimum atomic E-state index is -4.22. The van der Waals surface area contributed by atoms with Gasteiger partial charge in [-0.3, -0.25) is 28.5 Å². The Morgan fingerprint density at radius 1 is 1.18 bits per heavy atom. The van der Waals surface area contributed by atoms with Crippen molar-refractivity contribution in [3.63, 3.8) is 0 Å². The number of methoxy groups -OCH3 is 2. The number of ether oxygens (including phenoxy) is 3. The molecule has 1 aromatic rings. The summed E-state index contributed by atoms with van der Waals surface area (Å²) in [7, 11) is -1.86. The van der Waals surface area contributed by atoms with Crippen molar-refractivity contribution in [1.82, 2.24) is 19.7 Å². The number of carbonyl (C=O) groups excluding carboxylic acids is 2. The summed E-state index contributed by atoms with van der Waals surface area (Å²) in [6.45, 7) is 7.89. The van der Waals surface area contributed by atoms with E-state index in [1.165, 1.54) is 27.3 Å². The topological polar surface area (TPSA) is 216 Å². The van der Waals surface area contributed by atoms with E-state index in [4.69, 9.17) is 24.3 Å². The lowest BCUT2D eigenvalue weighted by Gasteiger charge is -2.31. The Kier molecular flexibility index (Phi) is 11.5. The summed E-state index contributed by atoms with van der Waals surface area (Å²) in [4.78, 5) is 53.9. The molecule has 17 heteroatoms. The van der Waals surface area contributed by atoms with Gasteiger partial charge in [0, 0.05) is 23.1 Å². The Bertz CT molecular complexity index is 1210. The fourth-order valence-electron chi connectivity index (χ4n) is 3.88. The number of rotatable bonds is 13. The number of aryl methyl sites for hydroxylation is 1. The first-order chi connectivity index (χ1) is 18.3. The van der Waals surface area contributed by atoms with Gasteiger partial charge in [0.05, 0.1) is 33.0 Å². The number of nitrogens with one attached hydrogen (secondary N) is 3. The van der Waals surface area contributed by atoms with Gasteiger partial charge in [-0.05, 0) is 24.3 Å². The SMILES string of the molecule is COC(=O)[C@@H](NP(=O)(N[C@H](C(=O)OC)C(C)C)OC[C@H]1O[C@@H](n2cc(C)c(=O)[nH]c2=O)C[C@@H]1N=[N+]=[N-])C(C)C. The standard InChI is InChI=1S/C22H36N7O9P/c1-11(2)17(20(31)35-6)26-39(34,27-18(12(3)4)21(32)36-7)37-10-15-14(25-28-23)8-16(38-15)29-9-13(5)19(30)24-22(29)33/h9,11-12,14-18H,8,10H2,1-7H3,(H,24,30,33)(H2,26,27,34)/t14-,15+,16+,17-,18-/m0/s1. The molecule has 0 bridgehead atoms. The van der Waals surface area contributed by atoms with E-state index in [0.29, 0.717) is 0 Å². The number of H-pyrrole nitrogens is 1. The highest BCUT2D eigenvalue weighted by Gasteiger charge is 2.42. The predicted octanol–water partition coefficient (Wildman–Crippen LogP) is 1.51. The molecule has 0 aliphatic carbocycles. The zero-order valence-electron chi connectivity index (χ0n) is 22.9. The average Bonchev–Trinajstić information content (AvgIpc) is 3.28.